The number of nitrogens with one attached hydrogen (secondary N) is 1. The van der Waals surface area contributed by atoms with Crippen LogP contribution in [0.2, 0.25) is 0 Å². The van der Waals surface area contributed by atoms with Crippen molar-refractivity contribution < 1.29 is 13.2 Å². The molecule has 1 N–H and O–H groups in total. The monoisotopic (exact) mass is 375 g/mol. The van der Waals surface area contributed by atoms with E-state index in [4.69, 9.17) is 0 Å². The van der Waals surface area contributed by atoms with Gasteiger partial charge in [-0.25, -0.2) is 0 Å². The molecule has 0 saturated carbocycles. The van der Waals surface area contributed by atoms with Crippen LogP contribution in [-0.4, -0.2) is 19.3 Å². The van der Waals surface area contributed by atoms with Crippen molar-refractivity contribution in [3.8, 4) is 0 Å². The molecule has 4 nitrogen and oxygen atoms in total. The van der Waals surface area contributed by atoms with Crippen molar-refractivity contribution in [3.63, 3.8) is 0 Å². The van der Waals surface area contributed by atoms with E-state index < -0.39 is 21.6 Å². The molecule has 1 atom stereocenters. The Bertz CT molecular complexity index is 1000. The standard InChI is InChI=1S/C22H17NO3S/c24-20-19(21(23-20)27(25)26)22(16-10-4-1-5-11-16,17-12-6-2-7-13-17)18-14-8-3-9-15-18/h1-15,19H,(H,23,24). The van der Waals surface area contributed by atoms with Crippen LogP contribution in [0, 0.1) is 5.92 Å². The predicted molar refractivity (Wildman–Crippen MR) is 105 cm³/mol. The highest BCUT2D eigenvalue weighted by Crippen LogP contribution is 2.47. The van der Waals surface area contributed by atoms with Gasteiger partial charge in [-0.15, -0.1) is 0 Å². The number of carbonyl (C=O) groups is 1. The van der Waals surface area contributed by atoms with Crippen molar-refractivity contribution in [1.82, 2.24) is 5.32 Å². The van der Waals surface area contributed by atoms with Gasteiger partial charge in [0, 0.05) is 0 Å². The summed E-state index contributed by atoms with van der Waals surface area (Å²) in [7, 11) is -2.51. The fraction of sp³-hybridized carbons (Fsp3) is 0.0909. The third-order valence-corrected chi connectivity index (χ3v) is 5.77. The zero-order valence-electron chi connectivity index (χ0n) is 14.4. The molecule has 1 aliphatic heterocycles. The van der Waals surface area contributed by atoms with Gasteiger partial charge < -0.3 is 5.32 Å². The lowest BCUT2D eigenvalue weighted by molar-refractivity contribution is -0.125. The normalized spacial score (nSPS) is 16.4. The molecule has 3 aromatic rings. The van der Waals surface area contributed by atoms with Crippen LogP contribution in [-0.2, 0) is 20.5 Å². The fourth-order valence-corrected chi connectivity index (χ4v) is 4.60. The lowest BCUT2D eigenvalue weighted by Crippen LogP contribution is -2.64. The molecule has 3 aromatic carbocycles. The summed E-state index contributed by atoms with van der Waals surface area (Å²) in [5.41, 5.74) is 1.65. The second kappa shape index (κ2) is 6.85. The number of hydrogen-bond acceptors (Lipinski definition) is 3. The van der Waals surface area contributed by atoms with Gasteiger partial charge in [0.2, 0.25) is 16.2 Å². The first-order chi connectivity index (χ1) is 13.2. The van der Waals surface area contributed by atoms with Gasteiger partial charge in [0.15, 0.2) is 4.99 Å². The smallest absolute Gasteiger partial charge is 0.236 e. The number of β-lactam (4-membered cyclic amide) rings is 1. The largest absolute Gasteiger partial charge is 0.315 e. The van der Waals surface area contributed by atoms with Crippen LogP contribution in [0.15, 0.2) is 91.0 Å². The van der Waals surface area contributed by atoms with Crippen molar-refractivity contribution in [2.75, 3.05) is 0 Å². The maximum absolute atomic E-state index is 12.7. The molecule has 4 rings (SSSR count). The summed E-state index contributed by atoms with van der Waals surface area (Å²) in [6.07, 6.45) is 0. The molecular weight excluding hydrogens is 358 g/mol. The third kappa shape index (κ3) is 2.67. The van der Waals surface area contributed by atoms with E-state index in [1.54, 1.807) is 0 Å². The van der Waals surface area contributed by atoms with Crippen LogP contribution >= 0.6 is 0 Å². The van der Waals surface area contributed by atoms with Crippen molar-refractivity contribution >= 4 is 21.2 Å². The molecule has 1 aliphatic rings. The van der Waals surface area contributed by atoms with E-state index in [1.165, 1.54) is 0 Å². The second-order valence-corrected chi connectivity index (χ2v) is 7.34. The SMILES string of the molecule is O=C1NC(=S(=O)=O)C1C(c1ccccc1)(c1ccccc1)c1ccccc1. The van der Waals surface area contributed by atoms with E-state index in [9.17, 15) is 13.2 Å². The molecule has 0 aromatic heterocycles. The van der Waals surface area contributed by atoms with E-state index in [0.29, 0.717) is 0 Å². The lowest BCUT2D eigenvalue weighted by Gasteiger charge is -2.45. The average molecular weight is 375 g/mol. The van der Waals surface area contributed by atoms with Gasteiger partial charge in [-0.3, -0.25) is 4.79 Å². The topological polar surface area (TPSA) is 63.2 Å². The molecule has 0 aliphatic carbocycles. The Hall–Kier alpha value is -3.18. The summed E-state index contributed by atoms with van der Waals surface area (Å²) >= 11 is 0. The molecule has 1 amide bonds. The van der Waals surface area contributed by atoms with E-state index in [1.807, 2.05) is 91.0 Å². The Balaban J connectivity index is 2.14. The molecule has 0 spiro atoms. The van der Waals surface area contributed by atoms with Crippen LogP contribution in [0.4, 0.5) is 0 Å². The van der Waals surface area contributed by atoms with E-state index in [0.717, 1.165) is 16.7 Å². The molecule has 1 unspecified atom stereocenters. The van der Waals surface area contributed by atoms with Crippen molar-refractivity contribution in [2.45, 2.75) is 5.41 Å². The van der Waals surface area contributed by atoms with Gasteiger partial charge in [-0.1, -0.05) is 91.0 Å². The maximum atomic E-state index is 12.7. The lowest BCUT2D eigenvalue weighted by atomic mass is 9.59. The van der Waals surface area contributed by atoms with Gasteiger partial charge >= 0.3 is 0 Å². The van der Waals surface area contributed by atoms with Gasteiger partial charge in [0.05, 0.1) is 5.41 Å². The maximum Gasteiger partial charge on any atom is 0.236 e. The Kier molecular flexibility index (Phi) is 4.38. The van der Waals surface area contributed by atoms with Crippen LogP contribution in [0.5, 0.6) is 0 Å². The van der Waals surface area contributed by atoms with E-state index in [-0.39, 0.29) is 10.9 Å². The highest BCUT2D eigenvalue weighted by atomic mass is 32.2. The van der Waals surface area contributed by atoms with Gasteiger partial charge in [0.1, 0.15) is 5.92 Å². The third-order valence-electron chi connectivity index (χ3n) is 5.07. The molecule has 0 radical (unpaired) electrons. The molecule has 0 bridgehead atoms. The quantitative estimate of drug-likeness (QED) is 0.433. The summed E-state index contributed by atoms with van der Waals surface area (Å²) in [6, 6.07) is 28.8. The van der Waals surface area contributed by atoms with Gasteiger partial charge in [-0.2, -0.15) is 8.42 Å². The zero-order valence-corrected chi connectivity index (χ0v) is 15.2. The van der Waals surface area contributed by atoms with Crippen molar-refractivity contribution in [1.29, 1.82) is 0 Å². The van der Waals surface area contributed by atoms with E-state index in [2.05, 4.69) is 5.32 Å². The van der Waals surface area contributed by atoms with Gasteiger partial charge in [0.25, 0.3) is 0 Å². The van der Waals surface area contributed by atoms with E-state index >= 15 is 0 Å². The molecule has 1 heterocycles. The highest BCUT2D eigenvalue weighted by Gasteiger charge is 2.55. The molecule has 27 heavy (non-hydrogen) atoms. The van der Waals surface area contributed by atoms with Crippen LogP contribution in [0.3, 0.4) is 0 Å². The Morgan fingerprint density at radius 3 is 1.33 bits per heavy atom. The molecule has 5 heteroatoms. The Morgan fingerprint density at radius 2 is 1.04 bits per heavy atom. The minimum atomic E-state index is -2.51. The average Bonchev–Trinajstić information content (AvgIpc) is 2.71. The second-order valence-electron chi connectivity index (χ2n) is 6.43. The highest BCUT2D eigenvalue weighted by molar-refractivity contribution is 7.73. The minimum Gasteiger partial charge on any atom is -0.315 e. The summed E-state index contributed by atoms with van der Waals surface area (Å²) in [6.45, 7) is 0. The summed E-state index contributed by atoms with van der Waals surface area (Å²) in [5.74, 6) is -1.14. The Morgan fingerprint density at radius 1 is 0.667 bits per heavy atom. The molecular formula is C22H17NO3S. The summed E-state index contributed by atoms with van der Waals surface area (Å²) in [5, 5.41) is 2.47. The molecule has 1 saturated heterocycles. The number of carbonyl (C=O) groups excluding carboxylic acids is 1. The van der Waals surface area contributed by atoms with Crippen LogP contribution < -0.4 is 5.32 Å². The number of amides is 1. The number of rotatable bonds is 4. The number of benzene rings is 3. The van der Waals surface area contributed by atoms with Gasteiger partial charge in [-0.05, 0) is 16.7 Å². The molecule has 134 valence electrons. The predicted octanol–water partition coefficient (Wildman–Crippen LogP) is 2.78. The summed E-state index contributed by atoms with van der Waals surface area (Å²) < 4.78 is 23.7. The first kappa shape index (κ1) is 17.2. The fourth-order valence-electron chi connectivity index (χ4n) is 3.94. The molecule has 1 fully saturated rings. The van der Waals surface area contributed by atoms with Crippen molar-refractivity contribution in [3.05, 3.63) is 108 Å². The first-order valence-corrected chi connectivity index (χ1v) is 9.66. The van der Waals surface area contributed by atoms with Crippen LogP contribution in [0.25, 0.3) is 0 Å². The Labute approximate surface area is 159 Å². The zero-order chi connectivity index (χ0) is 18.9. The van der Waals surface area contributed by atoms with Crippen molar-refractivity contribution in [2.24, 2.45) is 5.92 Å². The number of hydrogen-bond donors (Lipinski definition) is 1. The minimum absolute atomic E-state index is 0.0246. The first-order valence-electron chi connectivity index (χ1n) is 8.59. The summed E-state index contributed by atoms with van der Waals surface area (Å²) in [4.78, 5) is 12.7. The van der Waals surface area contributed by atoms with Crippen LogP contribution in [0.1, 0.15) is 16.7 Å².